The van der Waals surface area contributed by atoms with Crippen LogP contribution in [0.4, 0.5) is 0 Å². The van der Waals surface area contributed by atoms with Gasteiger partial charge in [-0.05, 0) is 55.9 Å². The number of rotatable bonds is 3. The third kappa shape index (κ3) is 4.19. The standard InChI is InChI=1S/C17H16N2O2/c18-11-1-2-13-3-7-15(8-4-13)17(20)21-16-9-5-14(12-19)6-10-16/h1-2,5-6,9-10,13,15H,3-4,7-8H2/t13-,15-. The Morgan fingerprint density at radius 2 is 1.81 bits per heavy atom. The summed E-state index contributed by atoms with van der Waals surface area (Å²) in [5.41, 5.74) is 0.541. The highest BCUT2D eigenvalue weighted by Gasteiger charge is 2.26. The lowest BCUT2D eigenvalue weighted by Gasteiger charge is -2.25. The van der Waals surface area contributed by atoms with E-state index in [0.29, 0.717) is 17.2 Å². The summed E-state index contributed by atoms with van der Waals surface area (Å²) in [6.45, 7) is 0. The van der Waals surface area contributed by atoms with E-state index in [-0.39, 0.29) is 11.9 Å². The average Bonchev–Trinajstić information content (AvgIpc) is 2.54. The van der Waals surface area contributed by atoms with Crippen molar-refractivity contribution in [1.82, 2.24) is 0 Å². The van der Waals surface area contributed by atoms with Crippen LogP contribution in [-0.4, -0.2) is 5.97 Å². The van der Waals surface area contributed by atoms with E-state index in [1.54, 1.807) is 24.3 Å². The summed E-state index contributed by atoms with van der Waals surface area (Å²) in [5.74, 6) is 0.587. The monoisotopic (exact) mass is 280 g/mol. The quantitative estimate of drug-likeness (QED) is 0.483. The van der Waals surface area contributed by atoms with Crippen LogP contribution in [0.3, 0.4) is 0 Å². The molecule has 0 saturated heterocycles. The van der Waals surface area contributed by atoms with E-state index in [1.807, 2.05) is 18.2 Å². The largest absolute Gasteiger partial charge is 0.426 e. The van der Waals surface area contributed by atoms with Crippen LogP contribution < -0.4 is 4.74 Å². The Kier molecular flexibility index (Phi) is 5.12. The number of esters is 1. The Morgan fingerprint density at radius 1 is 1.14 bits per heavy atom. The second kappa shape index (κ2) is 7.26. The number of carbonyl (C=O) groups is 1. The first kappa shape index (κ1) is 14.8. The first-order valence-corrected chi connectivity index (χ1v) is 7.01. The van der Waals surface area contributed by atoms with Gasteiger partial charge < -0.3 is 4.74 Å². The molecule has 1 aliphatic rings. The molecule has 0 radical (unpaired) electrons. The van der Waals surface area contributed by atoms with Gasteiger partial charge in [-0.1, -0.05) is 6.08 Å². The molecule has 1 saturated carbocycles. The van der Waals surface area contributed by atoms with Gasteiger partial charge in [0.15, 0.2) is 0 Å². The van der Waals surface area contributed by atoms with Crippen molar-refractivity contribution in [1.29, 1.82) is 10.5 Å². The van der Waals surface area contributed by atoms with Crippen molar-refractivity contribution in [3.8, 4) is 17.9 Å². The van der Waals surface area contributed by atoms with Crippen LogP contribution >= 0.6 is 0 Å². The first-order valence-electron chi connectivity index (χ1n) is 7.01. The van der Waals surface area contributed by atoms with E-state index in [1.165, 1.54) is 6.08 Å². The number of allylic oxidation sites excluding steroid dienone is 2. The van der Waals surface area contributed by atoms with Gasteiger partial charge in [0.1, 0.15) is 5.75 Å². The highest BCUT2D eigenvalue weighted by Crippen LogP contribution is 2.30. The summed E-state index contributed by atoms with van der Waals surface area (Å²) < 4.78 is 5.35. The molecule has 0 atom stereocenters. The minimum Gasteiger partial charge on any atom is -0.426 e. The molecule has 4 nitrogen and oxygen atoms in total. The average molecular weight is 280 g/mol. The number of nitriles is 2. The molecule has 0 unspecified atom stereocenters. The van der Waals surface area contributed by atoms with E-state index in [9.17, 15) is 4.79 Å². The summed E-state index contributed by atoms with van der Waals surface area (Å²) in [5, 5.41) is 17.2. The van der Waals surface area contributed by atoms with Crippen LogP contribution in [0.5, 0.6) is 5.75 Å². The Balaban J connectivity index is 1.86. The molecule has 0 bridgehead atoms. The Morgan fingerprint density at radius 3 is 2.38 bits per heavy atom. The zero-order chi connectivity index (χ0) is 15.1. The van der Waals surface area contributed by atoms with Crippen molar-refractivity contribution in [2.75, 3.05) is 0 Å². The molecule has 1 aromatic carbocycles. The molecule has 1 aliphatic carbocycles. The predicted octanol–water partition coefficient (Wildman–Crippen LogP) is 3.35. The fourth-order valence-electron chi connectivity index (χ4n) is 2.52. The second-order valence-corrected chi connectivity index (χ2v) is 5.16. The topological polar surface area (TPSA) is 73.9 Å². The van der Waals surface area contributed by atoms with E-state index in [4.69, 9.17) is 15.3 Å². The molecule has 1 fully saturated rings. The van der Waals surface area contributed by atoms with Crippen LogP contribution in [0, 0.1) is 34.5 Å². The third-order valence-corrected chi connectivity index (χ3v) is 3.75. The molecule has 106 valence electrons. The van der Waals surface area contributed by atoms with Gasteiger partial charge in [0.05, 0.1) is 23.6 Å². The van der Waals surface area contributed by atoms with Gasteiger partial charge in [0.2, 0.25) is 0 Å². The SMILES string of the molecule is N#CC=C[C@H]1CC[C@H](C(=O)Oc2ccc(C#N)cc2)CC1. The smallest absolute Gasteiger partial charge is 0.314 e. The predicted molar refractivity (Wildman–Crippen MR) is 77.0 cm³/mol. The minimum atomic E-state index is -0.206. The van der Waals surface area contributed by atoms with Gasteiger partial charge in [-0.3, -0.25) is 4.79 Å². The number of carbonyl (C=O) groups excluding carboxylic acids is 1. The molecule has 0 aliphatic heterocycles. The van der Waals surface area contributed by atoms with E-state index < -0.39 is 0 Å². The summed E-state index contributed by atoms with van der Waals surface area (Å²) in [4.78, 5) is 12.1. The molecule has 21 heavy (non-hydrogen) atoms. The van der Waals surface area contributed by atoms with Crippen LogP contribution in [0.15, 0.2) is 36.4 Å². The number of ether oxygens (including phenoxy) is 1. The highest BCUT2D eigenvalue weighted by molar-refractivity contribution is 5.75. The van der Waals surface area contributed by atoms with Crippen molar-refractivity contribution >= 4 is 5.97 Å². The van der Waals surface area contributed by atoms with Crippen molar-refractivity contribution in [3.63, 3.8) is 0 Å². The van der Waals surface area contributed by atoms with Gasteiger partial charge in [-0.2, -0.15) is 10.5 Å². The number of nitrogens with zero attached hydrogens (tertiary/aromatic N) is 2. The Hall–Kier alpha value is -2.59. The maximum Gasteiger partial charge on any atom is 0.314 e. The fraction of sp³-hybridized carbons (Fsp3) is 0.353. The van der Waals surface area contributed by atoms with Crippen molar-refractivity contribution in [3.05, 3.63) is 42.0 Å². The number of hydrogen-bond acceptors (Lipinski definition) is 4. The lowest BCUT2D eigenvalue weighted by molar-refractivity contribution is -0.140. The number of benzene rings is 1. The van der Waals surface area contributed by atoms with Gasteiger partial charge in [0.25, 0.3) is 0 Å². The zero-order valence-electron chi connectivity index (χ0n) is 11.7. The first-order chi connectivity index (χ1) is 10.2. The molecular formula is C17H16N2O2. The lowest BCUT2D eigenvalue weighted by atomic mass is 9.82. The second-order valence-electron chi connectivity index (χ2n) is 5.16. The van der Waals surface area contributed by atoms with Crippen LogP contribution in [0.25, 0.3) is 0 Å². The molecule has 0 amide bonds. The fourth-order valence-corrected chi connectivity index (χ4v) is 2.52. The summed E-state index contributed by atoms with van der Waals surface area (Å²) in [6.07, 6.45) is 6.82. The zero-order valence-corrected chi connectivity index (χ0v) is 11.7. The van der Waals surface area contributed by atoms with Gasteiger partial charge in [-0.25, -0.2) is 0 Å². The van der Waals surface area contributed by atoms with Gasteiger partial charge in [0, 0.05) is 6.08 Å². The third-order valence-electron chi connectivity index (χ3n) is 3.75. The normalized spacial score (nSPS) is 21.4. The molecule has 1 aromatic rings. The van der Waals surface area contributed by atoms with E-state index in [2.05, 4.69) is 0 Å². The summed E-state index contributed by atoms with van der Waals surface area (Å²) in [6, 6.07) is 10.6. The van der Waals surface area contributed by atoms with Crippen LogP contribution in [0.2, 0.25) is 0 Å². The van der Waals surface area contributed by atoms with Crippen LogP contribution in [-0.2, 0) is 4.79 Å². The summed E-state index contributed by atoms with van der Waals surface area (Å²) >= 11 is 0. The van der Waals surface area contributed by atoms with Gasteiger partial charge in [-0.15, -0.1) is 0 Å². The Bertz CT molecular complexity index is 597. The van der Waals surface area contributed by atoms with Crippen LogP contribution in [0.1, 0.15) is 31.2 Å². The van der Waals surface area contributed by atoms with Crippen molar-refractivity contribution in [2.24, 2.45) is 11.8 Å². The van der Waals surface area contributed by atoms with E-state index >= 15 is 0 Å². The molecule has 0 aromatic heterocycles. The van der Waals surface area contributed by atoms with Crippen molar-refractivity contribution in [2.45, 2.75) is 25.7 Å². The van der Waals surface area contributed by atoms with Gasteiger partial charge >= 0.3 is 5.97 Å². The maximum atomic E-state index is 12.1. The molecule has 4 heteroatoms. The maximum absolute atomic E-state index is 12.1. The summed E-state index contributed by atoms with van der Waals surface area (Å²) in [7, 11) is 0. The van der Waals surface area contributed by atoms with E-state index in [0.717, 1.165) is 25.7 Å². The molecule has 0 N–H and O–H groups in total. The lowest BCUT2D eigenvalue weighted by Crippen LogP contribution is -2.25. The number of hydrogen-bond donors (Lipinski definition) is 0. The Labute approximate surface area is 124 Å². The molecule has 0 heterocycles. The molecule has 2 rings (SSSR count). The highest BCUT2D eigenvalue weighted by atomic mass is 16.5. The van der Waals surface area contributed by atoms with Crippen molar-refractivity contribution < 1.29 is 9.53 Å². The molecular weight excluding hydrogens is 264 g/mol. The molecule has 0 spiro atoms. The minimum absolute atomic E-state index is 0.0765.